The summed E-state index contributed by atoms with van der Waals surface area (Å²) < 4.78 is 1.55. The normalized spacial score (nSPS) is 12.8. The van der Waals surface area contributed by atoms with E-state index < -0.39 is 6.10 Å². The van der Waals surface area contributed by atoms with Gasteiger partial charge >= 0.3 is 0 Å². The van der Waals surface area contributed by atoms with Gasteiger partial charge in [0.05, 0.1) is 32.2 Å². The second kappa shape index (κ2) is 5.78. The molecule has 2 aromatic rings. The highest BCUT2D eigenvalue weighted by Gasteiger charge is 2.11. The molecule has 0 aliphatic rings. The standard InChI is InChI=1S/C10H16N6O3/c11-8-7-9(15-10(14-7)12-1-2-17)16(5-13-8)3-6(19)4-18/h5-6,11,17-19H,1-4H2,(H2,12,14,15)/t6-/m0/s1. The molecular formula is C10H16N6O3. The SMILES string of the molecule is N=c1ncn(C[C@H](O)CO)c2nc(NCCO)[nH]c12. The van der Waals surface area contributed by atoms with Gasteiger partial charge in [-0.1, -0.05) is 0 Å². The first kappa shape index (κ1) is 13.5. The molecule has 9 heteroatoms. The summed E-state index contributed by atoms with van der Waals surface area (Å²) in [6.45, 7) is 0.0633. The molecule has 0 aromatic carbocycles. The Morgan fingerprint density at radius 3 is 2.95 bits per heavy atom. The van der Waals surface area contributed by atoms with E-state index in [1.165, 1.54) is 6.33 Å². The summed E-state index contributed by atoms with van der Waals surface area (Å²) in [7, 11) is 0. The average Bonchev–Trinajstić information content (AvgIpc) is 2.84. The van der Waals surface area contributed by atoms with E-state index in [2.05, 4.69) is 20.3 Å². The highest BCUT2D eigenvalue weighted by Crippen LogP contribution is 2.10. The molecule has 0 saturated carbocycles. The summed E-state index contributed by atoms with van der Waals surface area (Å²) in [6.07, 6.45) is 0.470. The number of H-pyrrole nitrogens is 1. The van der Waals surface area contributed by atoms with Gasteiger partial charge in [0.2, 0.25) is 5.95 Å². The number of imidazole rings is 1. The van der Waals surface area contributed by atoms with Crippen LogP contribution >= 0.6 is 0 Å². The topological polar surface area (TPSA) is 143 Å². The molecule has 0 aliphatic carbocycles. The minimum absolute atomic E-state index is 0.0355. The number of nitrogens with zero attached hydrogens (tertiary/aromatic N) is 3. The van der Waals surface area contributed by atoms with Gasteiger partial charge in [-0.05, 0) is 0 Å². The van der Waals surface area contributed by atoms with Crippen LogP contribution < -0.4 is 10.8 Å². The second-order valence-electron chi connectivity index (χ2n) is 4.02. The van der Waals surface area contributed by atoms with E-state index >= 15 is 0 Å². The minimum atomic E-state index is -0.919. The monoisotopic (exact) mass is 268 g/mol. The van der Waals surface area contributed by atoms with Gasteiger partial charge in [-0.3, -0.25) is 5.41 Å². The summed E-state index contributed by atoms with van der Waals surface area (Å²) in [5.41, 5.74) is 0.912. The lowest BCUT2D eigenvalue weighted by Gasteiger charge is -2.10. The van der Waals surface area contributed by atoms with Crippen molar-refractivity contribution >= 4 is 17.1 Å². The largest absolute Gasteiger partial charge is 0.395 e. The zero-order valence-corrected chi connectivity index (χ0v) is 10.2. The van der Waals surface area contributed by atoms with Crippen LogP contribution in [0.1, 0.15) is 0 Å². The van der Waals surface area contributed by atoms with Crippen molar-refractivity contribution < 1.29 is 15.3 Å². The summed E-state index contributed by atoms with van der Waals surface area (Å²) in [6, 6.07) is 0. The minimum Gasteiger partial charge on any atom is -0.395 e. The molecule has 0 saturated heterocycles. The van der Waals surface area contributed by atoms with Gasteiger partial charge in [0.15, 0.2) is 11.1 Å². The highest BCUT2D eigenvalue weighted by atomic mass is 16.3. The summed E-state index contributed by atoms with van der Waals surface area (Å²) in [5.74, 6) is 0.415. The number of rotatable bonds is 6. The molecule has 9 nitrogen and oxygen atoms in total. The fourth-order valence-electron chi connectivity index (χ4n) is 1.66. The molecule has 104 valence electrons. The van der Waals surface area contributed by atoms with E-state index in [9.17, 15) is 5.11 Å². The molecule has 2 rings (SSSR count). The van der Waals surface area contributed by atoms with E-state index in [1.807, 2.05) is 0 Å². The van der Waals surface area contributed by atoms with E-state index in [0.717, 1.165) is 0 Å². The molecule has 6 N–H and O–H groups in total. The molecule has 0 unspecified atom stereocenters. The third-order valence-corrected chi connectivity index (χ3v) is 2.54. The maximum absolute atomic E-state index is 9.46. The average molecular weight is 268 g/mol. The van der Waals surface area contributed by atoms with Crippen LogP contribution in [0.15, 0.2) is 6.33 Å². The Kier molecular flexibility index (Phi) is 4.10. The molecular weight excluding hydrogens is 252 g/mol. The second-order valence-corrected chi connectivity index (χ2v) is 4.02. The number of hydrogen-bond donors (Lipinski definition) is 6. The van der Waals surface area contributed by atoms with Crippen molar-refractivity contribution in [3.8, 4) is 0 Å². The first-order chi connectivity index (χ1) is 9.15. The van der Waals surface area contributed by atoms with Crippen LogP contribution in [0.5, 0.6) is 0 Å². The third-order valence-electron chi connectivity index (χ3n) is 2.54. The quantitative estimate of drug-likeness (QED) is 0.357. The Morgan fingerprint density at radius 2 is 2.26 bits per heavy atom. The summed E-state index contributed by atoms with van der Waals surface area (Å²) in [5, 5.41) is 37.6. The number of nitrogens with one attached hydrogen (secondary N) is 3. The lowest BCUT2D eigenvalue weighted by atomic mass is 10.3. The maximum Gasteiger partial charge on any atom is 0.202 e. The van der Waals surface area contributed by atoms with Crippen molar-refractivity contribution in [2.24, 2.45) is 0 Å². The lowest BCUT2D eigenvalue weighted by Crippen LogP contribution is -2.22. The van der Waals surface area contributed by atoms with Gasteiger partial charge in [0.25, 0.3) is 0 Å². The van der Waals surface area contributed by atoms with E-state index in [4.69, 9.17) is 15.6 Å². The molecule has 0 radical (unpaired) electrons. The Balaban J connectivity index is 2.39. The van der Waals surface area contributed by atoms with Gasteiger partial charge in [0, 0.05) is 6.54 Å². The summed E-state index contributed by atoms with van der Waals surface area (Å²) >= 11 is 0. The zero-order valence-electron chi connectivity index (χ0n) is 10.2. The predicted octanol–water partition coefficient (Wildman–Crippen LogP) is -2.00. The van der Waals surface area contributed by atoms with Gasteiger partial charge < -0.3 is 30.2 Å². The molecule has 0 amide bonds. The highest BCUT2D eigenvalue weighted by molar-refractivity contribution is 5.72. The Hall–Kier alpha value is -1.97. The first-order valence-corrected chi connectivity index (χ1v) is 5.79. The van der Waals surface area contributed by atoms with Crippen LogP contribution in [0, 0.1) is 5.41 Å². The van der Waals surface area contributed by atoms with E-state index in [-0.39, 0.29) is 25.2 Å². The molecule has 1 atom stereocenters. The molecule has 2 heterocycles. The Labute approximate surface area is 108 Å². The van der Waals surface area contributed by atoms with Gasteiger partial charge in [0.1, 0.15) is 5.52 Å². The van der Waals surface area contributed by atoms with Crippen molar-refractivity contribution in [1.82, 2.24) is 19.5 Å². The number of anilines is 1. The van der Waals surface area contributed by atoms with Gasteiger partial charge in [-0.2, -0.15) is 4.98 Å². The molecule has 0 aliphatic heterocycles. The van der Waals surface area contributed by atoms with Crippen molar-refractivity contribution in [3.63, 3.8) is 0 Å². The molecule has 0 bridgehead atoms. The first-order valence-electron chi connectivity index (χ1n) is 5.79. The van der Waals surface area contributed by atoms with Crippen LogP contribution in [0.25, 0.3) is 11.2 Å². The number of aromatic nitrogens is 4. The van der Waals surface area contributed by atoms with Crippen molar-refractivity contribution in [2.75, 3.05) is 25.1 Å². The fraction of sp³-hybridized carbons (Fsp3) is 0.500. The third kappa shape index (κ3) is 2.89. The van der Waals surface area contributed by atoms with Crippen LogP contribution in [-0.4, -0.2) is 60.7 Å². The number of aromatic amines is 1. The molecule has 19 heavy (non-hydrogen) atoms. The lowest BCUT2D eigenvalue weighted by molar-refractivity contribution is 0.0817. The maximum atomic E-state index is 9.46. The van der Waals surface area contributed by atoms with Crippen LogP contribution in [0.2, 0.25) is 0 Å². The van der Waals surface area contributed by atoms with Crippen LogP contribution in [-0.2, 0) is 6.54 Å². The summed E-state index contributed by atoms with van der Waals surface area (Å²) in [4.78, 5) is 11.0. The molecule has 0 fully saturated rings. The zero-order chi connectivity index (χ0) is 13.8. The van der Waals surface area contributed by atoms with E-state index in [1.54, 1.807) is 4.57 Å². The Bertz CT molecular complexity index is 607. The smallest absolute Gasteiger partial charge is 0.202 e. The number of fused-ring (bicyclic) bond motifs is 1. The Morgan fingerprint density at radius 1 is 1.47 bits per heavy atom. The van der Waals surface area contributed by atoms with Gasteiger partial charge in [-0.25, -0.2) is 4.98 Å². The number of aliphatic hydroxyl groups excluding tert-OH is 3. The van der Waals surface area contributed by atoms with Gasteiger partial charge in [-0.15, -0.1) is 0 Å². The number of aliphatic hydroxyl groups is 3. The van der Waals surface area contributed by atoms with Crippen molar-refractivity contribution in [3.05, 3.63) is 11.8 Å². The molecule has 0 spiro atoms. The molecule has 2 aromatic heterocycles. The number of hydrogen-bond acceptors (Lipinski definition) is 7. The van der Waals surface area contributed by atoms with E-state index in [0.29, 0.717) is 23.7 Å². The van der Waals surface area contributed by atoms with Crippen molar-refractivity contribution in [2.45, 2.75) is 12.6 Å². The predicted molar refractivity (Wildman–Crippen MR) is 66.4 cm³/mol. The van der Waals surface area contributed by atoms with Crippen molar-refractivity contribution in [1.29, 1.82) is 5.41 Å². The van der Waals surface area contributed by atoms with Crippen LogP contribution in [0.3, 0.4) is 0 Å². The van der Waals surface area contributed by atoms with Crippen LogP contribution in [0.4, 0.5) is 5.95 Å². The fourth-order valence-corrected chi connectivity index (χ4v) is 1.66.